The lowest BCUT2D eigenvalue weighted by atomic mass is 9.98. The number of thiophene rings is 1. The second-order valence-electron chi connectivity index (χ2n) is 5.51. The van der Waals surface area contributed by atoms with Gasteiger partial charge in [0.1, 0.15) is 10.4 Å². The molecule has 23 heavy (non-hydrogen) atoms. The molecule has 0 radical (unpaired) electrons. The van der Waals surface area contributed by atoms with Gasteiger partial charge in [0.15, 0.2) is 0 Å². The van der Waals surface area contributed by atoms with Crippen LogP contribution in [0.3, 0.4) is 0 Å². The largest absolute Gasteiger partial charge is 0.508 e. The van der Waals surface area contributed by atoms with Gasteiger partial charge in [0, 0.05) is 26.7 Å². The van der Waals surface area contributed by atoms with Gasteiger partial charge in [-0.2, -0.15) is 0 Å². The minimum Gasteiger partial charge on any atom is -0.508 e. The minimum absolute atomic E-state index is 0.0694. The molecule has 114 valence electrons. The summed E-state index contributed by atoms with van der Waals surface area (Å²) in [5.41, 5.74) is 2.89. The number of H-pyrrole nitrogens is 1. The molecule has 2 heterocycles. The number of aromatic amines is 1. The first-order valence-electron chi connectivity index (χ1n) is 7.55. The summed E-state index contributed by atoms with van der Waals surface area (Å²) in [6.45, 7) is 2.10. The van der Waals surface area contributed by atoms with E-state index in [1.165, 1.54) is 4.88 Å². The van der Waals surface area contributed by atoms with Gasteiger partial charge < -0.3 is 10.1 Å². The van der Waals surface area contributed by atoms with Crippen molar-refractivity contribution in [3.8, 4) is 16.9 Å². The summed E-state index contributed by atoms with van der Waals surface area (Å²) in [6, 6.07) is 15.2. The topological polar surface area (TPSA) is 53.1 Å². The molecule has 0 unspecified atom stereocenters. The SMILES string of the molecule is CCc1sc2c(=O)[nH]c3ccc(O)cc3c2c1-c1ccccc1. The quantitative estimate of drug-likeness (QED) is 0.563. The summed E-state index contributed by atoms with van der Waals surface area (Å²) in [6.07, 6.45) is 0.864. The van der Waals surface area contributed by atoms with E-state index >= 15 is 0 Å². The lowest BCUT2D eigenvalue weighted by Crippen LogP contribution is -2.04. The Balaban J connectivity index is 2.26. The number of phenolic OH excluding ortho intramolecular Hbond substituents is 1. The van der Waals surface area contributed by atoms with E-state index in [1.54, 1.807) is 29.5 Å². The van der Waals surface area contributed by atoms with Gasteiger partial charge in [-0.3, -0.25) is 4.79 Å². The Kier molecular flexibility index (Phi) is 3.20. The van der Waals surface area contributed by atoms with Gasteiger partial charge in [-0.05, 0) is 30.2 Å². The molecule has 0 aliphatic rings. The summed E-state index contributed by atoms with van der Waals surface area (Å²) < 4.78 is 0.721. The van der Waals surface area contributed by atoms with Crippen LogP contribution in [0.5, 0.6) is 5.75 Å². The smallest absolute Gasteiger partial charge is 0.266 e. The minimum atomic E-state index is -0.0694. The fourth-order valence-corrected chi connectivity index (χ4v) is 4.25. The van der Waals surface area contributed by atoms with Crippen LogP contribution in [0.2, 0.25) is 0 Å². The zero-order chi connectivity index (χ0) is 16.0. The maximum absolute atomic E-state index is 12.5. The molecule has 2 aromatic heterocycles. The van der Waals surface area contributed by atoms with Crippen molar-refractivity contribution in [2.45, 2.75) is 13.3 Å². The van der Waals surface area contributed by atoms with E-state index < -0.39 is 0 Å². The van der Waals surface area contributed by atoms with Gasteiger partial charge in [-0.15, -0.1) is 11.3 Å². The molecule has 0 spiro atoms. The third-order valence-corrected chi connectivity index (χ3v) is 5.42. The van der Waals surface area contributed by atoms with Crippen LogP contribution in [0.4, 0.5) is 0 Å². The van der Waals surface area contributed by atoms with Crippen molar-refractivity contribution < 1.29 is 5.11 Å². The first-order chi connectivity index (χ1) is 11.2. The lowest BCUT2D eigenvalue weighted by molar-refractivity contribution is 0.476. The molecule has 0 fully saturated rings. The molecule has 0 aliphatic heterocycles. The van der Waals surface area contributed by atoms with Crippen LogP contribution in [0.25, 0.3) is 32.1 Å². The van der Waals surface area contributed by atoms with Crippen LogP contribution in [0.15, 0.2) is 53.3 Å². The summed E-state index contributed by atoms with van der Waals surface area (Å²) in [7, 11) is 0. The van der Waals surface area contributed by atoms with E-state index in [1.807, 2.05) is 18.2 Å². The standard InChI is InChI=1S/C19H15NO2S/c1-2-15-16(11-6-4-3-5-7-11)17-13-10-12(21)8-9-14(13)20-19(22)18(17)23-15/h3-10,21H,2H2,1H3,(H,20,22). The predicted octanol–water partition coefficient (Wildman–Crippen LogP) is 4.68. The molecule has 0 bridgehead atoms. The number of rotatable bonds is 2. The van der Waals surface area contributed by atoms with Crippen LogP contribution >= 0.6 is 11.3 Å². The van der Waals surface area contributed by atoms with E-state index in [2.05, 4.69) is 24.0 Å². The van der Waals surface area contributed by atoms with Gasteiger partial charge in [0.2, 0.25) is 0 Å². The van der Waals surface area contributed by atoms with Gasteiger partial charge >= 0.3 is 0 Å². The predicted molar refractivity (Wildman–Crippen MR) is 96.4 cm³/mol. The molecule has 3 nitrogen and oxygen atoms in total. The Morgan fingerprint density at radius 3 is 2.65 bits per heavy atom. The molecule has 4 rings (SSSR count). The average Bonchev–Trinajstić information content (AvgIpc) is 2.97. The molecule has 0 saturated carbocycles. The Morgan fingerprint density at radius 1 is 1.13 bits per heavy atom. The Morgan fingerprint density at radius 2 is 1.91 bits per heavy atom. The number of pyridine rings is 1. The number of nitrogens with one attached hydrogen (secondary N) is 1. The van der Waals surface area contributed by atoms with Crippen LogP contribution in [-0.4, -0.2) is 10.1 Å². The summed E-state index contributed by atoms with van der Waals surface area (Å²) in [4.78, 5) is 16.6. The number of hydrogen-bond donors (Lipinski definition) is 2. The Bertz CT molecular complexity index is 1080. The summed E-state index contributed by atoms with van der Waals surface area (Å²) >= 11 is 1.54. The second kappa shape index (κ2) is 5.25. The van der Waals surface area contributed by atoms with Crippen molar-refractivity contribution in [3.05, 3.63) is 63.8 Å². The molecule has 4 heteroatoms. The van der Waals surface area contributed by atoms with Crippen molar-refractivity contribution in [1.29, 1.82) is 0 Å². The number of phenols is 1. The van der Waals surface area contributed by atoms with E-state index in [-0.39, 0.29) is 11.3 Å². The highest BCUT2D eigenvalue weighted by atomic mass is 32.1. The summed E-state index contributed by atoms with van der Waals surface area (Å²) in [5.74, 6) is 0.203. The van der Waals surface area contributed by atoms with Crippen LogP contribution in [0.1, 0.15) is 11.8 Å². The maximum Gasteiger partial charge on any atom is 0.266 e. The number of fused-ring (bicyclic) bond motifs is 3. The molecule has 0 saturated heterocycles. The third-order valence-electron chi connectivity index (χ3n) is 4.09. The fraction of sp³-hybridized carbons (Fsp3) is 0.105. The van der Waals surface area contributed by atoms with Gasteiger partial charge in [0.25, 0.3) is 5.56 Å². The summed E-state index contributed by atoms with van der Waals surface area (Å²) in [5, 5.41) is 11.7. The number of aryl methyl sites for hydroxylation is 1. The second-order valence-corrected chi connectivity index (χ2v) is 6.61. The van der Waals surface area contributed by atoms with E-state index in [0.717, 1.165) is 38.5 Å². The Hall–Kier alpha value is -2.59. The molecule has 2 N–H and O–H groups in total. The monoisotopic (exact) mass is 321 g/mol. The molecule has 4 aromatic rings. The molecule has 0 atom stereocenters. The van der Waals surface area contributed by atoms with Crippen molar-refractivity contribution in [2.24, 2.45) is 0 Å². The Labute approximate surface area is 136 Å². The van der Waals surface area contributed by atoms with Gasteiger partial charge in [-0.1, -0.05) is 37.3 Å². The van der Waals surface area contributed by atoms with Crippen LogP contribution in [0, 0.1) is 0 Å². The van der Waals surface area contributed by atoms with Crippen molar-refractivity contribution in [2.75, 3.05) is 0 Å². The maximum atomic E-state index is 12.5. The first-order valence-corrected chi connectivity index (χ1v) is 8.36. The highest BCUT2D eigenvalue weighted by molar-refractivity contribution is 7.19. The van der Waals surface area contributed by atoms with E-state index in [4.69, 9.17) is 0 Å². The van der Waals surface area contributed by atoms with Crippen molar-refractivity contribution in [1.82, 2.24) is 4.98 Å². The average molecular weight is 321 g/mol. The highest BCUT2D eigenvalue weighted by Gasteiger charge is 2.18. The normalized spacial score (nSPS) is 11.3. The zero-order valence-corrected chi connectivity index (χ0v) is 13.4. The van der Waals surface area contributed by atoms with E-state index in [9.17, 15) is 9.90 Å². The molecular weight excluding hydrogens is 306 g/mol. The lowest BCUT2D eigenvalue weighted by Gasteiger charge is -2.06. The van der Waals surface area contributed by atoms with Gasteiger partial charge in [-0.25, -0.2) is 0 Å². The van der Waals surface area contributed by atoms with Gasteiger partial charge in [0.05, 0.1) is 0 Å². The van der Waals surface area contributed by atoms with Crippen molar-refractivity contribution in [3.63, 3.8) is 0 Å². The molecule has 0 amide bonds. The number of aromatic hydroxyl groups is 1. The zero-order valence-electron chi connectivity index (χ0n) is 12.6. The first kappa shape index (κ1) is 14.0. The van der Waals surface area contributed by atoms with Crippen LogP contribution < -0.4 is 5.56 Å². The van der Waals surface area contributed by atoms with Crippen LogP contribution in [-0.2, 0) is 6.42 Å². The number of aromatic nitrogens is 1. The third kappa shape index (κ3) is 2.14. The number of hydrogen-bond acceptors (Lipinski definition) is 3. The number of benzene rings is 2. The molecular formula is C19H15NO2S. The molecule has 2 aromatic carbocycles. The van der Waals surface area contributed by atoms with Crippen molar-refractivity contribution >= 4 is 32.3 Å². The molecule has 0 aliphatic carbocycles. The fourth-order valence-electron chi connectivity index (χ4n) is 3.08. The highest BCUT2D eigenvalue weighted by Crippen LogP contribution is 2.41. The van der Waals surface area contributed by atoms with E-state index in [0.29, 0.717) is 0 Å².